The number of thiol groups is 1. The first-order valence-electron chi connectivity index (χ1n) is 7.19. The van der Waals surface area contributed by atoms with Gasteiger partial charge in [-0.15, -0.1) is 0 Å². The first-order valence-corrected chi connectivity index (χ1v) is 7.70. The number of allylic oxidation sites excluding steroid dienone is 2. The van der Waals surface area contributed by atoms with Gasteiger partial charge in [0.05, 0.1) is 0 Å². The Balaban J connectivity index is 2.26. The van der Waals surface area contributed by atoms with Crippen molar-refractivity contribution in [3.8, 4) is 0 Å². The lowest BCUT2D eigenvalue weighted by molar-refractivity contribution is 0.188. The predicted molar refractivity (Wildman–Crippen MR) is 80.9 cm³/mol. The fourth-order valence-corrected chi connectivity index (χ4v) is 4.22. The summed E-state index contributed by atoms with van der Waals surface area (Å²) in [7, 11) is 0. The minimum atomic E-state index is 0.274. The Morgan fingerprint density at radius 3 is 2.89 bits per heavy atom. The zero-order valence-electron chi connectivity index (χ0n) is 11.8. The molecule has 1 nitrogen and oxygen atoms in total. The van der Waals surface area contributed by atoms with Gasteiger partial charge in [-0.3, -0.25) is 0 Å². The molecular weight excluding hydrogens is 240 g/mol. The van der Waals surface area contributed by atoms with Crippen molar-refractivity contribution >= 4 is 12.6 Å². The van der Waals surface area contributed by atoms with Crippen molar-refractivity contribution in [2.24, 2.45) is 17.3 Å². The number of hydrogen-bond donors (Lipinski definition) is 2. The number of hydrogen-bond acceptors (Lipinski definition) is 2. The lowest BCUT2D eigenvalue weighted by Crippen LogP contribution is -2.33. The molecule has 0 radical (unpaired) electrons. The summed E-state index contributed by atoms with van der Waals surface area (Å²) in [4.78, 5) is 0. The molecule has 1 fully saturated rings. The smallest absolute Gasteiger partial charge is 0.0494 e. The maximum atomic E-state index is 9.44. The van der Waals surface area contributed by atoms with Gasteiger partial charge in [0.25, 0.3) is 0 Å². The Bertz CT molecular complexity index is 369. The highest BCUT2D eigenvalue weighted by molar-refractivity contribution is 7.81. The molecule has 0 amide bonds. The minimum Gasteiger partial charge on any atom is -0.396 e. The maximum absolute atomic E-state index is 9.44. The molecule has 4 atom stereocenters. The molecule has 1 N–H and O–H groups in total. The van der Waals surface area contributed by atoms with Crippen LogP contribution in [0.25, 0.3) is 0 Å². The van der Waals surface area contributed by atoms with E-state index in [-0.39, 0.29) is 12.0 Å². The molecule has 0 aromatic heterocycles. The van der Waals surface area contributed by atoms with Gasteiger partial charge in [-0.05, 0) is 43.9 Å². The molecule has 0 aliphatic heterocycles. The topological polar surface area (TPSA) is 20.2 Å². The molecule has 0 heterocycles. The highest BCUT2D eigenvalue weighted by Gasteiger charge is 2.45. The van der Waals surface area contributed by atoms with E-state index in [0.717, 1.165) is 6.42 Å². The highest BCUT2D eigenvalue weighted by atomic mass is 32.1. The van der Waals surface area contributed by atoms with Crippen molar-refractivity contribution in [1.29, 1.82) is 0 Å². The van der Waals surface area contributed by atoms with E-state index in [4.69, 9.17) is 0 Å². The van der Waals surface area contributed by atoms with Gasteiger partial charge in [0.2, 0.25) is 0 Å². The second-order valence-electron chi connectivity index (χ2n) is 6.28. The zero-order valence-corrected chi connectivity index (χ0v) is 12.7. The molecule has 4 unspecified atom stereocenters. The van der Waals surface area contributed by atoms with Crippen molar-refractivity contribution < 1.29 is 5.11 Å². The average molecular weight is 266 g/mol. The maximum Gasteiger partial charge on any atom is 0.0494 e. The van der Waals surface area contributed by atoms with Crippen LogP contribution in [0.5, 0.6) is 0 Å². The summed E-state index contributed by atoms with van der Waals surface area (Å²) in [5.74, 6) is 0.970. The van der Waals surface area contributed by atoms with Crippen LogP contribution in [0.3, 0.4) is 0 Å². The standard InChI is InChI=1S/C16H26OS/c1-11(10-17)14-6-7-15-13(9-12(2)18)5-4-8-16(14,15)3/h6,9,11-12,15,17-18H,4-5,7-8,10H2,1-3H3/b13-9+. The molecule has 0 aromatic carbocycles. The van der Waals surface area contributed by atoms with Crippen LogP contribution < -0.4 is 0 Å². The van der Waals surface area contributed by atoms with E-state index in [1.165, 1.54) is 24.8 Å². The second-order valence-corrected chi connectivity index (χ2v) is 7.10. The van der Waals surface area contributed by atoms with Gasteiger partial charge in [0.15, 0.2) is 0 Å². The van der Waals surface area contributed by atoms with E-state index in [9.17, 15) is 5.11 Å². The lowest BCUT2D eigenvalue weighted by atomic mass is 9.62. The molecule has 0 bridgehead atoms. The number of rotatable bonds is 3. The Labute approximate surface area is 117 Å². The quantitative estimate of drug-likeness (QED) is 0.584. The third kappa shape index (κ3) is 2.42. The normalized spacial score (nSPS) is 37.3. The first kappa shape index (κ1) is 14.2. The molecule has 102 valence electrons. The van der Waals surface area contributed by atoms with Crippen LogP contribution in [-0.2, 0) is 0 Å². The van der Waals surface area contributed by atoms with Crippen LogP contribution in [0.1, 0.15) is 46.5 Å². The molecule has 2 heteroatoms. The number of aliphatic hydroxyl groups excluding tert-OH is 1. The summed E-state index contributed by atoms with van der Waals surface area (Å²) in [5, 5.41) is 9.79. The number of fused-ring (bicyclic) bond motifs is 1. The molecule has 1 saturated carbocycles. The van der Waals surface area contributed by atoms with Crippen molar-refractivity contribution in [1.82, 2.24) is 0 Å². The van der Waals surface area contributed by atoms with Crippen LogP contribution >= 0.6 is 12.6 Å². The molecule has 2 aliphatic rings. The van der Waals surface area contributed by atoms with Crippen molar-refractivity contribution in [2.75, 3.05) is 6.61 Å². The van der Waals surface area contributed by atoms with Gasteiger partial charge in [-0.2, -0.15) is 12.6 Å². The van der Waals surface area contributed by atoms with E-state index in [1.807, 2.05) is 0 Å². The fourth-order valence-electron chi connectivity index (χ4n) is 4.02. The molecule has 0 aromatic rings. The summed E-state index contributed by atoms with van der Waals surface area (Å²) in [6, 6.07) is 0. The second kappa shape index (κ2) is 5.42. The van der Waals surface area contributed by atoms with Crippen LogP contribution in [0.2, 0.25) is 0 Å². The summed E-state index contributed by atoms with van der Waals surface area (Å²) < 4.78 is 0. The Morgan fingerprint density at radius 1 is 1.56 bits per heavy atom. The van der Waals surface area contributed by atoms with E-state index in [2.05, 4.69) is 45.6 Å². The Hall–Kier alpha value is -0.210. The minimum absolute atomic E-state index is 0.274. The van der Waals surface area contributed by atoms with Gasteiger partial charge >= 0.3 is 0 Å². The summed E-state index contributed by atoms with van der Waals surface area (Å²) >= 11 is 4.51. The highest BCUT2D eigenvalue weighted by Crippen LogP contribution is 2.56. The molecule has 18 heavy (non-hydrogen) atoms. The van der Waals surface area contributed by atoms with Crippen molar-refractivity contribution in [3.05, 3.63) is 23.3 Å². The molecule has 0 saturated heterocycles. The fraction of sp³-hybridized carbons (Fsp3) is 0.750. The van der Waals surface area contributed by atoms with E-state index in [0.29, 0.717) is 17.1 Å². The van der Waals surface area contributed by atoms with Gasteiger partial charge < -0.3 is 5.11 Å². The van der Waals surface area contributed by atoms with Crippen LogP contribution in [0, 0.1) is 17.3 Å². The molecule has 0 spiro atoms. The Morgan fingerprint density at radius 2 is 2.28 bits per heavy atom. The largest absolute Gasteiger partial charge is 0.396 e. The van der Waals surface area contributed by atoms with Gasteiger partial charge in [0.1, 0.15) is 0 Å². The van der Waals surface area contributed by atoms with E-state index >= 15 is 0 Å². The van der Waals surface area contributed by atoms with E-state index < -0.39 is 0 Å². The zero-order chi connectivity index (χ0) is 13.3. The summed E-state index contributed by atoms with van der Waals surface area (Å²) in [6.07, 6.45) is 9.68. The first-order chi connectivity index (χ1) is 8.49. The SMILES string of the molecule is CC(S)/C=C1\CCCC2(C)C(C(C)CO)=CCC12. The molecule has 2 rings (SSSR count). The van der Waals surface area contributed by atoms with Crippen molar-refractivity contribution in [2.45, 2.75) is 51.7 Å². The number of aliphatic hydroxyl groups is 1. The summed E-state index contributed by atoms with van der Waals surface area (Å²) in [6.45, 7) is 6.97. The van der Waals surface area contributed by atoms with Crippen LogP contribution in [-0.4, -0.2) is 17.0 Å². The predicted octanol–water partition coefficient (Wildman–Crippen LogP) is 4.00. The summed E-state index contributed by atoms with van der Waals surface area (Å²) in [5.41, 5.74) is 3.38. The monoisotopic (exact) mass is 266 g/mol. The molecular formula is C16H26OS. The third-order valence-corrected chi connectivity index (χ3v) is 5.02. The van der Waals surface area contributed by atoms with Gasteiger partial charge in [0, 0.05) is 17.8 Å². The molecule has 2 aliphatic carbocycles. The van der Waals surface area contributed by atoms with Crippen LogP contribution in [0.4, 0.5) is 0 Å². The third-order valence-electron chi connectivity index (χ3n) is 4.87. The van der Waals surface area contributed by atoms with Crippen LogP contribution in [0.15, 0.2) is 23.3 Å². The van der Waals surface area contributed by atoms with E-state index in [1.54, 1.807) is 5.57 Å². The average Bonchev–Trinajstić information content (AvgIpc) is 2.66. The van der Waals surface area contributed by atoms with Gasteiger partial charge in [-0.1, -0.05) is 37.1 Å². The van der Waals surface area contributed by atoms with Gasteiger partial charge in [-0.25, -0.2) is 0 Å². The lowest BCUT2D eigenvalue weighted by Gasteiger charge is -2.42. The van der Waals surface area contributed by atoms with Crippen molar-refractivity contribution in [3.63, 3.8) is 0 Å². The Kier molecular flexibility index (Phi) is 4.28.